The lowest BCUT2D eigenvalue weighted by Crippen LogP contribution is -2.62. The van der Waals surface area contributed by atoms with Gasteiger partial charge in [-0.25, -0.2) is 0 Å². The number of unbranched alkanes of at least 4 members (excludes halogenated alkanes) is 15. The topological polar surface area (TPSA) is 113 Å². The van der Waals surface area contributed by atoms with E-state index in [2.05, 4.69) is 85.7 Å². The van der Waals surface area contributed by atoms with Crippen LogP contribution in [0, 0.1) is 5.92 Å². The lowest BCUT2D eigenvalue weighted by Gasteiger charge is -2.55. The largest absolute Gasteiger partial charge is 0.364 e. The summed E-state index contributed by atoms with van der Waals surface area (Å²) in [5, 5.41) is 10.7. The van der Waals surface area contributed by atoms with E-state index in [0.29, 0.717) is 37.2 Å². The van der Waals surface area contributed by atoms with Gasteiger partial charge in [-0.1, -0.05) is 130 Å². The molecule has 1 unspecified atom stereocenters. The van der Waals surface area contributed by atoms with Gasteiger partial charge in [-0.15, -0.1) is 0 Å². The number of hydrogen-bond donors (Lipinski definition) is 1. The number of ether oxygens (including phenoxy) is 2. The van der Waals surface area contributed by atoms with Gasteiger partial charge in [0.15, 0.2) is 0 Å². The van der Waals surface area contributed by atoms with E-state index in [9.17, 15) is 0 Å². The molecule has 4 heterocycles. The van der Waals surface area contributed by atoms with Crippen molar-refractivity contribution in [2.24, 2.45) is 5.92 Å². The normalized spacial score (nSPS) is 19.4. The fourth-order valence-corrected chi connectivity index (χ4v) is 11.2. The first-order valence-electron chi connectivity index (χ1n) is 28.2. The lowest BCUT2D eigenvalue weighted by molar-refractivity contribution is -0.288. The molecule has 1 N–H and O–H groups in total. The first-order chi connectivity index (χ1) is 33.0. The Morgan fingerprint density at radius 1 is 0.529 bits per heavy atom. The SMILES string of the molecule is CCCCCCCCON1CCC(N(COC)c2nc(NC(CCC)C3CC(C)(C)N(OCCCCCCCC)C(C)(C)C3)nc(N(COC)C3CCN(OCCCCCCCC)CC3)n2)CC1. The number of aromatic nitrogens is 3. The molecule has 396 valence electrons. The highest BCUT2D eigenvalue weighted by Crippen LogP contribution is 2.44. The average Bonchev–Trinajstić information content (AvgIpc) is 3.32. The molecule has 0 radical (unpaired) electrons. The standard InChI is InChI=1S/C54H105N9O5/c1-11-15-18-21-24-27-39-66-59-35-31-47(32-36-59)61(44-64-9)51-56-50(57-52(58-51)62(45-65-10)48-33-37-60(38-34-48)67-40-28-25-22-19-16-12-2)55-49(30-14-4)46-42-53(5,6)63(54(7,8)43-46)68-41-29-26-23-20-17-13-3/h46-49H,11-45H2,1-10H3,(H,55,56,57,58). The molecule has 14 heteroatoms. The molecule has 3 aliphatic heterocycles. The summed E-state index contributed by atoms with van der Waals surface area (Å²) in [4.78, 5) is 39.8. The van der Waals surface area contributed by atoms with Gasteiger partial charge < -0.3 is 24.6 Å². The highest BCUT2D eigenvalue weighted by Gasteiger charge is 2.48. The zero-order valence-corrected chi connectivity index (χ0v) is 45.7. The summed E-state index contributed by atoms with van der Waals surface area (Å²) in [6.45, 7) is 25.2. The summed E-state index contributed by atoms with van der Waals surface area (Å²) >= 11 is 0. The molecule has 4 rings (SSSR count). The Kier molecular flexibility index (Phi) is 28.4. The number of hydrogen-bond acceptors (Lipinski definition) is 14. The highest BCUT2D eigenvalue weighted by molar-refractivity contribution is 5.47. The van der Waals surface area contributed by atoms with Crippen LogP contribution in [0.25, 0.3) is 0 Å². The molecule has 0 amide bonds. The molecule has 3 aliphatic rings. The Balaban J connectivity index is 1.54. The average molecular weight is 960 g/mol. The molecule has 0 spiro atoms. The van der Waals surface area contributed by atoms with E-state index in [1.807, 2.05) is 0 Å². The van der Waals surface area contributed by atoms with E-state index in [1.54, 1.807) is 14.2 Å². The molecule has 3 fully saturated rings. The van der Waals surface area contributed by atoms with Crippen LogP contribution in [-0.4, -0.2) is 133 Å². The highest BCUT2D eigenvalue weighted by atomic mass is 16.7. The third-order valence-corrected chi connectivity index (χ3v) is 14.8. The number of nitrogens with one attached hydrogen (secondary N) is 1. The van der Waals surface area contributed by atoms with Crippen LogP contribution in [0.3, 0.4) is 0 Å². The molecule has 1 aromatic rings. The van der Waals surface area contributed by atoms with Crippen molar-refractivity contribution in [2.45, 2.75) is 252 Å². The van der Waals surface area contributed by atoms with E-state index in [1.165, 1.54) is 96.3 Å². The quantitative estimate of drug-likeness (QED) is 0.0504. The van der Waals surface area contributed by atoms with E-state index < -0.39 is 0 Å². The minimum Gasteiger partial charge on any atom is -0.364 e. The Hall–Kier alpha value is -1.91. The van der Waals surface area contributed by atoms with Crippen molar-refractivity contribution in [1.29, 1.82) is 0 Å². The molecule has 0 aliphatic carbocycles. The molecule has 1 atom stereocenters. The molecule has 68 heavy (non-hydrogen) atoms. The Morgan fingerprint density at radius 2 is 0.912 bits per heavy atom. The summed E-state index contributed by atoms with van der Waals surface area (Å²) in [5.74, 6) is 2.33. The van der Waals surface area contributed by atoms with Crippen LogP contribution >= 0.6 is 0 Å². The second-order valence-corrected chi connectivity index (χ2v) is 21.8. The second-order valence-electron chi connectivity index (χ2n) is 21.8. The molecule has 0 aromatic carbocycles. The lowest BCUT2D eigenvalue weighted by atomic mass is 9.71. The van der Waals surface area contributed by atoms with Gasteiger partial charge in [0.2, 0.25) is 17.8 Å². The number of rotatable bonds is 37. The zero-order chi connectivity index (χ0) is 49.0. The molecule has 3 saturated heterocycles. The van der Waals surface area contributed by atoms with Gasteiger partial charge in [0, 0.05) is 69.6 Å². The predicted molar refractivity (Wildman–Crippen MR) is 281 cm³/mol. The number of anilines is 3. The van der Waals surface area contributed by atoms with Crippen LogP contribution in [0.1, 0.15) is 222 Å². The van der Waals surface area contributed by atoms with Crippen LogP contribution in [-0.2, 0) is 24.0 Å². The first-order valence-corrected chi connectivity index (χ1v) is 28.2. The maximum Gasteiger partial charge on any atom is 0.234 e. The van der Waals surface area contributed by atoms with Gasteiger partial charge in [0.1, 0.15) is 13.5 Å². The maximum absolute atomic E-state index is 6.69. The molecule has 0 saturated carbocycles. The van der Waals surface area contributed by atoms with Crippen molar-refractivity contribution in [3.63, 3.8) is 0 Å². The number of nitrogens with zero attached hydrogens (tertiary/aromatic N) is 8. The minimum absolute atomic E-state index is 0.136. The third-order valence-electron chi connectivity index (χ3n) is 14.8. The van der Waals surface area contributed by atoms with Gasteiger partial charge in [-0.05, 0) is 97.8 Å². The van der Waals surface area contributed by atoms with E-state index >= 15 is 0 Å². The van der Waals surface area contributed by atoms with E-state index in [-0.39, 0.29) is 29.2 Å². The Morgan fingerprint density at radius 3 is 1.29 bits per heavy atom. The fraction of sp³-hybridized carbons (Fsp3) is 0.944. The second kappa shape index (κ2) is 32.9. The van der Waals surface area contributed by atoms with Crippen LogP contribution in [0.5, 0.6) is 0 Å². The van der Waals surface area contributed by atoms with Crippen molar-refractivity contribution >= 4 is 17.8 Å². The fourth-order valence-electron chi connectivity index (χ4n) is 11.2. The van der Waals surface area contributed by atoms with Crippen LogP contribution in [0.15, 0.2) is 0 Å². The molecule has 14 nitrogen and oxygen atoms in total. The van der Waals surface area contributed by atoms with Gasteiger partial charge >= 0.3 is 0 Å². The summed E-state index contributed by atoms with van der Waals surface area (Å²) in [5.41, 5.74) is -0.272. The molecular weight excluding hydrogens is 855 g/mol. The van der Waals surface area contributed by atoms with Crippen molar-refractivity contribution in [3.05, 3.63) is 0 Å². The number of methoxy groups -OCH3 is 2. The van der Waals surface area contributed by atoms with Crippen molar-refractivity contribution in [3.8, 4) is 0 Å². The molecule has 1 aromatic heterocycles. The van der Waals surface area contributed by atoms with Crippen molar-refractivity contribution in [1.82, 2.24) is 30.1 Å². The summed E-state index contributed by atoms with van der Waals surface area (Å²) in [6.07, 6.45) is 30.6. The van der Waals surface area contributed by atoms with E-state index in [0.717, 1.165) is 117 Å². The van der Waals surface area contributed by atoms with Gasteiger partial charge in [-0.2, -0.15) is 30.1 Å². The van der Waals surface area contributed by atoms with Crippen LogP contribution in [0.4, 0.5) is 17.8 Å². The number of piperidine rings is 3. The summed E-state index contributed by atoms with van der Waals surface area (Å²) < 4.78 is 11.9. The third kappa shape index (κ3) is 20.3. The monoisotopic (exact) mass is 960 g/mol. The van der Waals surface area contributed by atoms with Crippen LogP contribution < -0.4 is 15.1 Å². The Labute approximate surface area is 416 Å². The zero-order valence-electron chi connectivity index (χ0n) is 45.7. The van der Waals surface area contributed by atoms with Gasteiger partial charge in [0.25, 0.3) is 0 Å². The van der Waals surface area contributed by atoms with Gasteiger partial charge in [-0.3, -0.25) is 14.5 Å². The summed E-state index contributed by atoms with van der Waals surface area (Å²) in [6, 6.07) is 0.570. The smallest absolute Gasteiger partial charge is 0.234 e. The summed E-state index contributed by atoms with van der Waals surface area (Å²) in [7, 11) is 3.55. The minimum atomic E-state index is -0.136. The van der Waals surface area contributed by atoms with Crippen molar-refractivity contribution < 1.29 is 24.0 Å². The Bertz CT molecular complexity index is 1340. The first kappa shape index (κ1) is 58.7. The van der Waals surface area contributed by atoms with E-state index in [4.69, 9.17) is 38.9 Å². The van der Waals surface area contributed by atoms with Gasteiger partial charge in [0.05, 0.1) is 19.8 Å². The molecular formula is C54H105N9O5. The number of hydroxylamine groups is 6. The molecule has 0 bridgehead atoms. The van der Waals surface area contributed by atoms with Crippen LogP contribution in [0.2, 0.25) is 0 Å². The predicted octanol–water partition coefficient (Wildman–Crippen LogP) is 12.3. The van der Waals surface area contributed by atoms with Crippen molar-refractivity contribution in [2.75, 3.05) is 88.8 Å². The maximum atomic E-state index is 6.69.